The highest BCUT2D eigenvalue weighted by Crippen LogP contribution is 2.10. The number of hydrogen-bond acceptors (Lipinski definition) is 7. The van der Waals surface area contributed by atoms with Crippen molar-refractivity contribution >= 4 is 34.4 Å². The summed E-state index contributed by atoms with van der Waals surface area (Å²) in [5, 5.41) is 4.83. The Morgan fingerprint density at radius 2 is 2.16 bits per heavy atom. The molecular formula is C15H17N5O4S. The summed E-state index contributed by atoms with van der Waals surface area (Å²) in [7, 11) is 2.97. The lowest BCUT2D eigenvalue weighted by atomic mass is 10.4. The van der Waals surface area contributed by atoms with E-state index in [0.29, 0.717) is 29.4 Å². The Morgan fingerprint density at radius 1 is 1.36 bits per heavy atom. The molecule has 10 heteroatoms. The van der Waals surface area contributed by atoms with E-state index in [2.05, 4.69) is 15.3 Å². The largest absolute Gasteiger partial charge is 0.461 e. The molecule has 0 radical (unpaired) electrons. The van der Waals surface area contributed by atoms with Crippen molar-refractivity contribution in [3.8, 4) is 0 Å². The molecule has 3 aromatic heterocycles. The highest BCUT2D eigenvalue weighted by Gasteiger charge is 2.13. The number of esters is 1. The highest BCUT2D eigenvalue weighted by atomic mass is 32.1. The number of carbonyl (C=O) groups is 1. The molecule has 9 nitrogen and oxygen atoms in total. The lowest BCUT2D eigenvalue weighted by molar-refractivity contribution is 0.0509. The number of H-pyrrole nitrogens is 1. The summed E-state index contributed by atoms with van der Waals surface area (Å²) < 4.78 is 7.48. The molecule has 3 aromatic rings. The Morgan fingerprint density at radius 3 is 2.88 bits per heavy atom. The van der Waals surface area contributed by atoms with Gasteiger partial charge in [-0.05, 0) is 17.9 Å². The molecule has 0 amide bonds. The van der Waals surface area contributed by atoms with Gasteiger partial charge in [-0.3, -0.25) is 13.9 Å². The summed E-state index contributed by atoms with van der Waals surface area (Å²) in [5.74, 6) is 0.0510. The maximum absolute atomic E-state index is 12.1. The van der Waals surface area contributed by atoms with E-state index in [1.807, 2.05) is 5.38 Å². The van der Waals surface area contributed by atoms with Crippen LogP contribution in [0, 0.1) is 0 Å². The van der Waals surface area contributed by atoms with E-state index in [4.69, 9.17) is 4.74 Å². The number of anilines is 1. The first-order chi connectivity index (χ1) is 12.0. The van der Waals surface area contributed by atoms with Crippen LogP contribution in [0.1, 0.15) is 16.1 Å². The maximum atomic E-state index is 12.1. The third kappa shape index (κ3) is 3.33. The van der Waals surface area contributed by atoms with Crippen LogP contribution < -0.4 is 16.6 Å². The van der Waals surface area contributed by atoms with Gasteiger partial charge in [0.15, 0.2) is 11.2 Å². The molecule has 0 aromatic carbocycles. The second kappa shape index (κ2) is 6.93. The lowest BCUT2D eigenvalue weighted by Crippen LogP contribution is -2.36. The lowest BCUT2D eigenvalue weighted by Gasteiger charge is -2.04. The van der Waals surface area contributed by atoms with Crippen molar-refractivity contribution < 1.29 is 9.53 Å². The number of rotatable bonds is 6. The first kappa shape index (κ1) is 17.0. The molecule has 3 rings (SSSR count). The average molecular weight is 363 g/mol. The number of nitrogens with one attached hydrogen (secondary N) is 2. The predicted octanol–water partition coefficient (Wildman–Crippen LogP) is 0.681. The van der Waals surface area contributed by atoms with E-state index in [1.165, 1.54) is 23.0 Å². The van der Waals surface area contributed by atoms with Crippen molar-refractivity contribution in [2.45, 2.75) is 6.42 Å². The second-order valence-electron chi connectivity index (χ2n) is 5.38. The number of aryl methyl sites for hydroxylation is 1. The minimum absolute atomic E-state index is 0.260. The average Bonchev–Trinajstić information content (AvgIpc) is 3.27. The van der Waals surface area contributed by atoms with Crippen LogP contribution in [-0.2, 0) is 18.8 Å². The van der Waals surface area contributed by atoms with Crippen LogP contribution in [0.3, 0.4) is 0 Å². The van der Waals surface area contributed by atoms with Gasteiger partial charge in [0.05, 0.1) is 6.61 Å². The molecule has 3 heterocycles. The predicted molar refractivity (Wildman–Crippen MR) is 94.3 cm³/mol. The summed E-state index contributed by atoms with van der Waals surface area (Å²) >= 11 is 1.33. The quantitative estimate of drug-likeness (QED) is 0.492. The van der Waals surface area contributed by atoms with E-state index in [1.54, 1.807) is 19.2 Å². The number of ether oxygens (including phenoxy) is 1. The Balaban J connectivity index is 1.58. The molecule has 0 aliphatic rings. The van der Waals surface area contributed by atoms with Crippen molar-refractivity contribution in [3.63, 3.8) is 0 Å². The number of imidazole rings is 1. The standard InChI is InChI=1S/C15H17N5O4S/c1-19-11-10(12(21)20(2)15(19)23)17-14(18-11)16-6-4-7-24-13(22)9-5-3-8-25-9/h3,5,8H,4,6-7H2,1-2H3,(H2,16,17,18). The van der Waals surface area contributed by atoms with Gasteiger partial charge in [0.2, 0.25) is 5.95 Å². The van der Waals surface area contributed by atoms with Crippen LogP contribution in [0.2, 0.25) is 0 Å². The molecule has 0 atom stereocenters. The van der Waals surface area contributed by atoms with Crippen LogP contribution in [0.4, 0.5) is 5.95 Å². The summed E-state index contributed by atoms with van der Waals surface area (Å²) in [6.45, 7) is 0.760. The summed E-state index contributed by atoms with van der Waals surface area (Å²) in [5.41, 5.74) is -0.310. The molecule has 25 heavy (non-hydrogen) atoms. The first-order valence-corrected chi connectivity index (χ1v) is 8.47. The topological polar surface area (TPSA) is 111 Å². The van der Waals surface area contributed by atoms with Gasteiger partial charge in [0.1, 0.15) is 4.88 Å². The van der Waals surface area contributed by atoms with Gasteiger partial charge in [-0.2, -0.15) is 4.98 Å². The van der Waals surface area contributed by atoms with Gasteiger partial charge >= 0.3 is 11.7 Å². The third-order valence-electron chi connectivity index (χ3n) is 3.66. The van der Waals surface area contributed by atoms with Crippen LogP contribution >= 0.6 is 11.3 Å². The van der Waals surface area contributed by atoms with E-state index in [0.717, 1.165) is 4.57 Å². The van der Waals surface area contributed by atoms with Crippen LogP contribution in [0.5, 0.6) is 0 Å². The summed E-state index contributed by atoms with van der Waals surface area (Å²) in [4.78, 5) is 43.3. The summed E-state index contributed by atoms with van der Waals surface area (Å²) in [6, 6.07) is 3.51. The van der Waals surface area contributed by atoms with Gasteiger partial charge in [0.25, 0.3) is 5.56 Å². The van der Waals surface area contributed by atoms with E-state index in [-0.39, 0.29) is 18.1 Å². The van der Waals surface area contributed by atoms with Crippen molar-refractivity contribution in [1.82, 2.24) is 19.1 Å². The number of aromatic nitrogens is 4. The molecule has 0 bridgehead atoms. The van der Waals surface area contributed by atoms with Gasteiger partial charge in [-0.1, -0.05) is 6.07 Å². The monoisotopic (exact) mass is 363 g/mol. The first-order valence-electron chi connectivity index (χ1n) is 7.59. The smallest absolute Gasteiger partial charge is 0.348 e. The molecular weight excluding hydrogens is 346 g/mol. The fourth-order valence-corrected chi connectivity index (χ4v) is 2.94. The molecule has 132 valence electrons. The number of fused-ring (bicyclic) bond motifs is 1. The minimum Gasteiger partial charge on any atom is -0.461 e. The van der Waals surface area contributed by atoms with Crippen LogP contribution in [-0.4, -0.2) is 38.2 Å². The van der Waals surface area contributed by atoms with Crippen molar-refractivity contribution in [2.75, 3.05) is 18.5 Å². The van der Waals surface area contributed by atoms with Crippen LogP contribution in [0.25, 0.3) is 11.2 Å². The van der Waals surface area contributed by atoms with Crippen molar-refractivity contribution in [2.24, 2.45) is 14.1 Å². The maximum Gasteiger partial charge on any atom is 0.348 e. The SMILES string of the molecule is Cn1c(=O)c2[nH]c(NCCCOC(=O)c3cccs3)nc2n(C)c1=O. The third-order valence-corrected chi connectivity index (χ3v) is 4.51. The van der Waals surface area contributed by atoms with Gasteiger partial charge in [0, 0.05) is 20.6 Å². The molecule has 0 saturated heterocycles. The highest BCUT2D eigenvalue weighted by molar-refractivity contribution is 7.11. The Hall–Kier alpha value is -2.88. The summed E-state index contributed by atoms with van der Waals surface area (Å²) in [6.07, 6.45) is 0.575. The number of nitrogens with zero attached hydrogens (tertiary/aromatic N) is 3. The van der Waals surface area contributed by atoms with Crippen molar-refractivity contribution in [1.29, 1.82) is 0 Å². The fraction of sp³-hybridized carbons (Fsp3) is 0.333. The van der Waals surface area contributed by atoms with E-state index < -0.39 is 11.2 Å². The zero-order chi connectivity index (χ0) is 18.0. The Bertz CT molecular complexity index is 1020. The number of aromatic amines is 1. The zero-order valence-electron chi connectivity index (χ0n) is 13.7. The molecule has 2 N–H and O–H groups in total. The molecule has 0 saturated carbocycles. The van der Waals surface area contributed by atoms with E-state index in [9.17, 15) is 14.4 Å². The Labute approximate surface area is 145 Å². The fourth-order valence-electron chi connectivity index (χ4n) is 2.32. The Kier molecular flexibility index (Phi) is 4.70. The molecule has 0 spiro atoms. The second-order valence-corrected chi connectivity index (χ2v) is 6.33. The van der Waals surface area contributed by atoms with Gasteiger partial charge < -0.3 is 15.0 Å². The molecule has 0 fully saturated rings. The minimum atomic E-state index is -0.434. The van der Waals surface area contributed by atoms with E-state index >= 15 is 0 Å². The van der Waals surface area contributed by atoms with Gasteiger partial charge in [-0.15, -0.1) is 11.3 Å². The number of carbonyl (C=O) groups excluding carboxylic acids is 1. The molecule has 0 aliphatic carbocycles. The molecule has 0 unspecified atom stereocenters. The number of hydrogen-bond donors (Lipinski definition) is 2. The normalized spacial score (nSPS) is 11.0. The van der Waals surface area contributed by atoms with Crippen molar-refractivity contribution in [3.05, 3.63) is 43.2 Å². The van der Waals surface area contributed by atoms with Crippen LogP contribution in [0.15, 0.2) is 27.1 Å². The van der Waals surface area contributed by atoms with Gasteiger partial charge in [-0.25, -0.2) is 9.59 Å². The number of thiophene rings is 1. The zero-order valence-corrected chi connectivity index (χ0v) is 14.6. The molecule has 0 aliphatic heterocycles.